The summed E-state index contributed by atoms with van der Waals surface area (Å²) < 4.78 is 37.0. The van der Waals surface area contributed by atoms with Crippen molar-refractivity contribution in [3.63, 3.8) is 0 Å². The zero-order valence-corrected chi connectivity index (χ0v) is 10.2. The molecule has 1 nitrogen and oxygen atoms in total. The molecule has 0 saturated heterocycles. The number of unbranched alkanes of at least 4 members (excludes halogenated alkanes) is 1. The number of hydrogen-bond acceptors (Lipinski definition) is 1. The summed E-state index contributed by atoms with van der Waals surface area (Å²) in [4.78, 5) is 11.8. The van der Waals surface area contributed by atoms with Crippen molar-refractivity contribution < 1.29 is 18.0 Å². The van der Waals surface area contributed by atoms with Crippen molar-refractivity contribution in [3.8, 4) is 0 Å². The molecule has 0 amide bonds. The van der Waals surface area contributed by atoms with Crippen LogP contribution in [0.25, 0.3) is 0 Å². The molecule has 1 rings (SSSR count). The third-order valence-electron chi connectivity index (χ3n) is 2.63. The second kappa shape index (κ2) is 5.85. The third-order valence-corrected chi connectivity index (χ3v) is 2.63. The molecular weight excluding hydrogens is 241 g/mol. The summed E-state index contributed by atoms with van der Waals surface area (Å²) >= 11 is 0. The summed E-state index contributed by atoms with van der Waals surface area (Å²) in [5.74, 6) is -0.280. The Morgan fingerprint density at radius 3 is 2.22 bits per heavy atom. The van der Waals surface area contributed by atoms with Gasteiger partial charge in [-0.25, -0.2) is 0 Å². The molecule has 98 valence electrons. The van der Waals surface area contributed by atoms with E-state index in [9.17, 15) is 18.0 Å². The maximum Gasteiger partial charge on any atom is 0.416 e. The van der Waals surface area contributed by atoms with Gasteiger partial charge in [-0.1, -0.05) is 32.1 Å². The predicted octanol–water partition coefficient (Wildman–Crippen LogP) is 4.63. The Labute approximate surface area is 104 Å². The molecule has 0 spiro atoms. The second-order valence-electron chi connectivity index (χ2n) is 4.11. The lowest BCUT2D eigenvalue weighted by Gasteiger charge is -2.08. The van der Waals surface area contributed by atoms with Crippen LogP contribution in [-0.2, 0) is 6.18 Å². The molecule has 0 aliphatic heterocycles. The van der Waals surface area contributed by atoms with Gasteiger partial charge in [-0.15, -0.1) is 0 Å². The molecule has 0 radical (unpaired) electrons. The Bertz CT molecular complexity index is 429. The van der Waals surface area contributed by atoms with E-state index >= 15 is 0 Å². The molecule has 0 bridgehead atoms. The lowest BCUT2D eigenvalue weighted by atomic mass is 9.99. The van der Waals surface area contributed by atoms with Crippen molar-refractivity contribution in [3.05, 3.63) is 47.5 Å². The molecule has 1 aromatic carbocycles. The SMILES string of the molecule is C=C(CCCC)C(=O)c1ccc(C(F)(F)F)cc1. The maximum absolute atomic E-state index is 12.3. The molecule has 0 N–H and O–H groups in total. The molecule has 18 heavy (non-hydrogen) atoms. The van der Waals surface area contributed by atoms with E-state index in [2.05, 4.69) is 6.58 Å². The Morgan fingerprint density at radius 1 is 1.22 bits per heavy atom. The van der Waals surface area contributed by atoms with E-state index in [0.29, 0.717) is 12.0 Å². The number of benzene rings is 1. The largest absolute Gasteiger partial charge is 0.416 e. The van der Waals surface area contributed by atoms with Crippen LogP contribution in [0.2, 0.25) is 0 Å². The molecule has 0 unspecified atom stereocenters. The van der Waals surface area contributed by atoms with Gasteiger partial charge in [0.25, 0.3) is 0 Å². The number of carbonyl (C=O) groups is 1. The van der Waals surface area contributed by atoms with Gasteiger partial charge in [0.2, 0.25) is 0 Å². The number of carbonyl (C=O) groups excluding carboxylic acids is 1. The monoisotopic (exact) mass is 256 g/mol. The normalized spacial score (nSPS) is 11.3. The van der Waals surface area contributed by atoms with Crippen LogP contribution in [0, 0.1) is 0 Å². The molecular formula is C14H15F3O. The van der Waals surface area contributed by atoms with Crippen molar-refractivity contribution in [1.82, 2.24) is 0 Å². The van der Waals surface area contributed by atoms with E-state index in [0.717, 1.165) is 25.0 Å². The number of ketones is 1. The van der Waals surface area contributed by atoms with Gasteiger partial charge in [0.1, 0.15) is 0 Å². The minimum Gasteiger partial charge on any atom is -0.289 e. The summed E-state index contributed by atoms with van der Waals surface area (Å²) in [6, 6.07) is 4.23. The van der Waals surface area contributed by atoms with Crippen LogP contribution in [0.4, 0.5) is 13.2 Å². The number of allylic oxidation sites excluding steroid dienone is 1. The fourth-order valence-electron chi connectivity index (χ4n) is 1.52. The summed E-state index contributed by atoms with van der Waals surface area (Å²) in [7, 11) is 0. The van der Waals surface area contributed by atoms with Crippen molar-refractivity contribution in [2.45, 2.75) is 32.4 Å². The van der Waals surface area contributed by atoms with Crippen molar-refractivity contribution in [2.75, 3.05) is 0 Å². The van der Waals surface area contributed by atoms with E-state index in [1.54, 1.807) is 0 Å². The van der Waals surface area contributed by atoms with Gasteiger partial charge >= 0.3 is 6.18 Å². The quantitative estimate of drug-likeness (QED) is 0.554. The Balaban J connectivity index is 2.79. The highest BCUT2D eigenvalue weighted by Crippen LogP contribution is 2.29. The first kappa shape index (κ1) is 14.5. The lowest BCUT2D eigenvalue weighted by Crippen LogP contribution is -2.07. The fourth-order valence-corrected chi connectivity index (χ4v) is 1.52. The van der Waals surface area contributed by atoms with Gasteiger partial charge in [-0.2, -0.15) is 13.2 Å². The summed E-state index contributed by atoms with van der Waals surface area (Å²) in [5, 5.41) is 0. The van der Waals surface area contributed by atoms with Crippen LogP contribution in [-0.4, -0.2) is 5.78 Å². The van der Waals surface area contributed by atoms with E-state index in [4.69, 9.17) is 0 Å². The smallest absolute Gasteiger partial charge is 0.289 e. The van der Waals surface area contributed by atoms with E-state index < -0.39 is 11.7 Å². The van der Waals surface area contributed by atoms with Crippen molar-refractivity contribution in [2.24, 2.45) is 0 Å². The van der Waals surface area contributed by atoms with Gasteiger partial charge in [-0.3, -0.25) is 4.79 Å². The first-order chi connectivity index (χ1) is 8.36. The van der Waals surface area contributed by atoms with Gasteiger partial charge < -0.3 is 0 Å². The Kier molecular flexibility index (Phi) is 4.70. The second-order valence-corrected chi connectivity index (χ2v) is 4.11. The third kappa shape index (κ3) is 3.72. The lowest BCUT2D eigenvalue weighted by molar-refractivity contribution is -0.137. The molecule has 4 heteroatoms. The van der Waals surface area contributed by atoms with Crippen LogP contribution in [0.15, 0.2) is 36.4 Å². The zero-order valence-electron chi connectivity index (χ0n) is 10.2. The highest BCUT2D eigenvalue weighted by atomic mass is 19.4. The molecule has 0 aromatic heterocycles. The van der Waals surface area contributed by atoms with Crippen molar-refractivity contribution >= 4 is 5.78 Å². The first-order valence-electron chi connectivity index (χ1n) is 5.76. The Hall–Kier alpha value is -1.58. The number of alkyl halides is 3. The zero-order chi connectivity index (χ0) is 13.8. The van der Waals surface area contributed by atoms with Gasteiger partial charge in [0.15, 0.2) is 5.78 Å². The van der Waals surface area contributed by atoms with Gasteiger partial charge in [0, 0.05) is 5.56 Å². The van der Waals surface area contributed by atoms with Crippen LogP contribution in [0.5, 0.6) is 0 Å². The standard InChI is InChI=1S/C14H15F3O/c1-3-4-5-10(2)13(18)11-6-8-12(9-7-11)14(15,16)17/h6-9H,2-5H2,1H3. The molecule has 0 atom stereocenters. The van der Waals surface area contributed by atoms with Gasteiger partial charge in [-0.05, 0) is 30.5 Å². The summed E-state index contributed by atoms with van der Waals surface area (Å²) in [6.45, 7) is 5.66. The minimum absolute atomic E-state index is 0.254. The molecule has 0 aliphatic rings. The van der Waals surface area contributed by atoms with Crippen LogP contribution < -0.4 is 0 Å². The molecule has 0 fully saturated rings. The van der Waals surface area contributed by atoms with Crippen LogP contribution in [0.3, 0.4) is 0 Å². The van der Waals surface area contributed by atoms with Crippen molar-refractivity contribution in [1.29, 1.82) is 0 Å². The topological polar surface area (TPSA) is 17.1 Å². The number of halogens is 3. The van der Waals surface area contributed by atoms with Crippen LogP contribution in [0.1, 0.15) is 42.1 Å². The highest BCUT2D eigenvalue weighted by Gasteiger charge is 2.30. The van der Waals surface area contributed by atoms with Gasteiger partial charge in [0.05, 0.1) is 5.56 Å². The maximum atomic E-state index is 12.3. The summed E-state index contributed by atoms with van der Waals surface area (Å²) in [5.41, 5.74) is -0.0565. The number of rotatable bonds is 5. The predicted molar refractivity (Wildman–Crippen MR) is 64.4 cm³/mol. The first-order valence-corrected chi connectivity index (χ1v) is 5.76. The number of Topliss-reactive ketones (excluding diaryl/α,β-unsaturated/α-hetero) is 1. The molecule has 0 saturated carbocycles. The average molecular weight is 256 g/mol. The molecule has 0 heterocycles. The molecule has 1 aromatic rings. The van der Waals surface area contributed by atoms with Crippen LogP contribution >= 0.6 is 0 Å². The van der Waals surface area contributed by atoms with E-state index in [1.807, 2.05) is 6.92 Å². The van der Waals surface area contributed by atoms with E-state index in [-0.39, 0.29) is 11.3 Å². The minimum atomic E-state index is -4.37. The fraction of sp³-hybridized carbons (Fsp3) is 0.357. The summed E-state index contributed by atoms with van der Waals surface area (Å²) in [6.07, 6.45) is -2.00. The van der Waals surface area contributed by atoms with E-state index in [1.165, 1.54) is 12.1 Å². The Morgan fingerprint density at radius 2 is 1.78 bits per heavy atom. The molecule has 0 aliphatic carbocycles. The number of hydrogen-bond donors (Lipinski definition) is 0. The highest BCUT2D eigenvalue weighted by molar-refractivity contribution is 6.08. The average Bonchev–Trinajstić information content (AvgIpc) is 2.34.